The minimum Gasteiger partial charge on any atom is -0.310 e. The van der Waals surface area contributed by atoms with Gasteiger partial charge in [0.1, 0.15) is 5.82 Å². The summed E-state index contributed by atoms with van der Waals surface area (Å²) in [5.74, 6) is 0.510. The van der Waals surface area contributed by atoms with Gasteiger partial charge >= 0.3 is 0 Å². The first-order valence-electron chi connectivity index (χ1n) is 6.43. The van der Waals surface area contributed by atoms with Crippen molar-refractivity contribution in [3.8, 4) is 0 Å². The van der Waals surface area contributed by atoms with E-state index in [9.17, 15) is 4.39 Å². The summed E-state index contributed by atoms with van der Waals surface area (Å²) in [7, 11) is 0. The first-order chi connectivity index (χ1) is 8.09. The minimum atomic E-state index is -0.268. The quantitative estimate of drug-likeness (QED) is 0.733. The Balaban J connectivity index is 2.23. The smallest absolute Gasteiger partial charge is 0.141 e. The van der Waals surface area contributed by atoms with Gasteiger partial charge in [0.2, 0.25) is 0 Å². The molecular weight excluding hydrogens is 215 g/mol. The molecule has 0 aromatic carbocycles. The molecule has 1 atom stereocenters. The molecule has 0 saturated carbocycles. The molecule has 2 nitrogen and oxygen atoms in total. The zero-order valence-corrected chi connectivity index (χ0v) is 11.0. The lowest BCUT2D eigenvalue weighted by Gasteiger charge is -2.14. The van der Waals surface area contributed by atoms with E-state index in [0.717, 1.165) is 18.0 Å². The summed E-state index contributed by atoms with van der Waals surface area (Å²) in [4.78, 5) is 3.86. The molecule has 1 unspecified atom stereocenters. The number of unbranched alkanes of at least 4 members (excludes halogenated alkanes) is 1. The second kappa shape index (κ2) is 7.38. The fourth-order valence-electron chi connectivity index (χ4n) is 1.78. The summed E-state index contributed by atoms with van der Waals surface area (Å²) in [5, 5.41) is 3.39. The molecule has 0 aliphatic heterocycles. The molecule has 96 valence electrons. The monoisotopic (exact) mass is 238 g/mol. The van der Waals surface area contributed by atoms with E-state index < -0.39 is 0 Å². The first-order valence-corrected chi connectivity index (χ1v) is 6.43. The van der Waals surface area contributed by atoms with Crippen LogP contribution in [0.3, 0.4) is 0 Å². The molecule has 0 bridgehead atoms. The SMILES string of the molecule is CC(C)CCCCNC(C)c1cncc(F)c1. The van der Waals surface area contributed by atoms with Crippen molar-refractivity contribution in [3.63, 3.8) is 0 Å². The van der Waals surface area contributed by atoms with Crippen molar-refractivity contribution in [2.45, 2.75) is 46.1 Å². The van der Waals surface area contributed by atoms with Gasteiger partial charge in [-0.25, -0.2) is 4.39 Å². The van der Waals surface area contributed by atoms with Crippen LogP contribution in [0.4, 0.5) is 4.39 Å². The zero-order valence-electron chi connectivity index (χ0n) is 11.0. The molecule has 1 aromatic rings. The molecule has 0 aliphatic carbocycles. The molecule has 3 heteroatoms. The largest absolute Gasteiger partial charge is 0.310 e. The van der Waals surface area contributed by atoms with Crippen LogP contribution in [-0.4, -0.2) is 11.5 Å². The van der Waals surface area contributed by atoms with E-state index in [1.807, 2.05) is 6.92 Å². The maximum atomic E-state index is 13.0. The number of nitrogens with zero attached hydrogens (tertiary/aromatic N) is 1. The zero-order chi connectivity index (χ0) is 12.7. The van der Waals surface area contributed by atoms with Crippen molar-refractivity contribution < 1.29 is 4.39 Å². The second-order valence-electron chi connectivity index (χ2n) is 5.00. The second-order valence-corrected chi connectivity index (χ2v) is 5.00. The van der Waals surface area contributed by atoms with Crippen LogP contribution in [0.15, 0.2) is 18.5 Å². The minimum absolute atomic E-state index is 0.164. The van der Waals surface area contributed by atoms with Crippen LogP contribution < -0.4 is 5.32 Å². The Morgan fingerprint density at radius 1 is 1.24 bits per heavy atom. The molecular formula is C14H23FN2. The maximum absolute atomic E-state index is 13.0. The number of hydrogen-bond acceptors (Lipinski definition) is 2. The van der Waals surface area contributed by atoms with Crippen molar-refractivity contribution in [3.05, 3.63) is 29.8 Å². The fraction of sp³-hybridized carbons (Fsp3) is 0.643. The molecule has 1 N–H and O–H groups in total. The van der Waals surface area contributed by atoms with E-state index in [2.05, 4.69) is 24.1 Å². The van der Waals surface area contributed by atoms with Crippen LogP contribution in [0.1, 0.15) is 51.6 Å². The number of pyridine rings is 1. The third kappa shape index (κ3) is 5.78. The van der Waals surface area contributed by atoms with Gasteiger partial charge < -0.3 is 5.32 Å². The summed E-state index contributed by atoms with van der Waals surface area (Å²) in [5.41, 5.74) is 0.911. The average molecular weight is 238 g/mol. The highest BCUT2D eigenvalue weighted by Crippen LogP contribution is 2.12. The lowest BCUT2D eigenvalue weighted by Crippen LogP contribution is -2.20. The van der Waals surface area contributed by atoms with Gasteiger partial charge in [0.05, 0.1) is 6.20 Å². The van der Waals surface area contributed by atoms with Crippen LogP contribution in [0, 0.1) is 11.7 Å². The van der Waals surface area contributed by atoms with Gasteiger partial charge in [-0.3, -0.25) is 4.98 Å². The number of halogens is 1. The summed E-state index contributed by atoms with van der Waals surface area (Å²) >= 11 is 0. The molecule has 1 aromatic heterocycles. The predicted octanol–water partition coefficient (Wildman–Crippen LogP) is 3.70. The Morgan fingerprint density at radius 2 is 2.00 bits per heavy atom. The molecule has 1 heterocycles. The normalized spacial score (nSPS) is 13.0. The molecule has 0 radical (unpaired) electrons. The number of rotatable bonds is 7. The molecule has 0 aliphatic rings. The molecule has 0 spiro atoms. The van der Waals surface area contributed by atoms with Crippen LogP contribution in [-0.2, 0) is 0 Å². The molecule has 17 heavy (non-hydrogen) atoms. The Labute approximate surface area is 104 Å². The summed E-state index contributed by atoms with van der Waals surface area (Å²) in [6.07, 6.45) is 6.65. The summed E-state index contributed by atoms with van der Waals surface area (Å²) < 4.78 is 13.0. The van der Waals surface area contributed by atoms with Gasteiger partial charge in [0.15, 0.2) is 0 Å². The summed E-state index contributed by atoms with van der Waals surface area (Å²) in [6.45, 7) is 7.51. The average Bonchev–Trinajstić information content (AvgIpc) is 2.28. The van der Waals surface area contributed by atoms with Gasteiger partial charge in [-0.05, 0) is 37.4 Å². The van der Waals surface area contributed by atoms with Gasteiger partial charge in [-0.15, -0.1) is 0 Å². The van der Waals surface area contributed by atoms with E-state index in [0.29, 0.717) is 0 Å². The standard InChI is InChI=1S/C14H23FN2/c1-11(2)6-4-5-7-17-12(3)13-8-14(15)10-16-9-13/h8-12,17H,4-7H2,1-3H3. The van der Waals surface area contributed by atoms with Gasteiger partial charge in [-0.1, -0.05) is 26.7 Å². The Morgan fingerprint density at radius 3 is 2.65 bits per heavy atom. The van der Waals surface area contributed by atoms with Crippen LogP contribution in [0.25, 0.3) is 0 Å². The van der Waals surface area contributed by atoms with E-state index in [1.54, 1.807) is 12.3 Å². The van der Waals surface area contributed by atoms with Gasteiger partial charge in [-0.2, -0.15) is 0 Å². The Kier molecular flexibility index (Phi) is 6.12. The van der Waals surface area contributed by atoms with Gasteiger partial charge in [0, 0.05) is 12.2 Å². The van der Waals surface area contributed by atoms with E-state index >= 15 is 0 Å². The lowest BCUT2D eigenvalue weighted by atomic mass is 10.1. The summed E-state index contributed by atoms with van der Waals surface area (Å²) in [6, 6.07) is 1.70. The predicted molar refractivity (Wildman–Crippen MR) is 69.3 cm³/mol. The highest BCUT2D eigenvalue weighted by atomic mass is 19.1. The fourth-order valence-corrected chi connectivity index (χ4v) is 1.78. The van der Waals surface area contributed by atoms with Crippen molar-refractivity contribution in [2.75, 3.05) is 6.54 Å². The number of aromatic nitrogens is 1. The first kappa shape index (κ1) is 14.1. The van der Waals surface area contributed by atoms with Gasteiger partial charge in [0.25, 0.3) is 0 Å². The highest BCUT2D eigenvalue weighted by molar-refractivity contribution is 5.14. The third-order valence-corrected chi connectivity index (χ3v) is 2.88. The molecule has 0 amide bonds. The lowest BCUT2D eigenvalue weighted by molar-refractivity contribution is 0.496. The molecule has 0 fully saturated rings. The van der Waals surface area contributed by atoms with Crippen LogP contribution in [0.5, 0.6) is 0 Å². The third-order valence-electron chi connectivity index (χ3n) is 2.88. The molecule has 1 rings (SSSR count). The van der Waals surface area contributed by atoms with Crippen molar-refractivity contribution in [2.24, 2.45) is 5.92 Å². The van der Waals surface area contributed by atoms with Crippen molar-refractivity contribution in [1.29, 1.82) is 0 Å². The maximum Gasteiger partial charge on any atom is 0.141 e. The number of nitrogens with one attached hydrogen (secondary N) is 1. The highest BCUT2D eigenvalue weighted by Gasteiger charge is 2.05. The number of hydrogen-bond donors (Lipinski definition) is 1. The van der Waals surface area contributed by atoms with E-state index in [4.69, 9.17) is 0 Å². The van der Waals surface area contributed by atoms with Crippen LogP contribution in [0.2, 0.25) is 0 Å². The molecule has 0 saturated heterocycles. The topological polar surface area (TPSA) is 24.9 Å². The Hall–Kier alpha value is -0.960. The van der Waals surface area contributed by atoms with Crippen molar-refractivity contribution in [1.82, 2.24) is 10.3 Å². The van der Waals surface area contributed by atoms with Crippen molar-refractivity contribution >= 4 is 0 Å². The Bertz CT molecular complexity index is 326. The van der Waals surface area contributed by atoms with E-state index in [1.165, 1.54) is 25.5 Å². The van der Waals surface area contributed by atoms with Crippen LogP contribution >= 0.6 is 0 Å². The van der Waals surface area contributed by atoms with E-state index in [-0.39, 0.29) is 11.9 Å².